The molecule has 1 aliphatic carbocycles. The fourth-order valence-corrected chi connectivity index (χ4v) is 2.92. The minimum atomic E-state index is -0.258. The minimum Gasteiger partial charge on any atom is -0.441 e. The van der Waals surface area contributed by atoms with Crippen molar-refractivity contribution in [2.24, 2.45) is 5.92 Å². The summed E-state index contributed by atoms with van der Waals surface area (Å²) in [4.78, 5) is 16.6. The highest BCUT2D eigenvalue weighted by Gasteiger charge is 2.43. The van der Waals surface area contributed by atoms with E-state index in [2.05, 4.69) is 10.3 Å². The highest BCUT2D eigenvalue weighted by molar-refractivity contribution is 5.96. The number of hydrogen-bond donors (Lipinski definition) is 1. The highest BCUT2D eigenvalue weighted by Crippen LogP contribution is 2.48. The van der Waals surface area contributed by atoms with E-state index >= 15 is 0 Å². The fraction of sp³-hybridized carbons (Fsp3) is 0.222. The first-order valence-electron chi connectivity index (χ1n) is 7.54. The van der Waals surface area contributed by atoms with Crippen LogP contribution in [0.4, 0.5) is 10.1 Å². The molecule has 0 radical (unpaired) electrons. The van der Waals surface area contributed by atoms with E-state index < -0.39 is 0 Å². The average Bonchev–Trinajstić information content (AvgIpc) is 3.23. The second kappa shape index (κ2) is 5.19. The largest absolute Gasteiger partial charge is 0.441 e. The van der Waals surface area contributed by atoms with E-state index in [4.69, 9.17) is 4.42 Å². The molecule has 2 atom stereocenters. The van der Waals surface area contributed by atoms with E-state index in [9.17, 15) is 9.18 Å². The molecule has 5 heteroatoms. The van der Waals surface area contributed by atoms with Crippen LogP contribution in [0.25, 0.3) is 11.1 Å². The lowest BCUT2D eigenvalue weighted by atomic mass is 10.1. The molecule has 1 fully saturated rings. The summed E-state index contributed by atoms with van der Waals surface area (Å²) in [6, 6.07) is 11.8. The normalized spacial score (nSPS) is 19.7. The summed E-state index contributed by atoms with van der Waals surface area (Å²) in [5.41, 5.74) is 3.14. The van der Waals surface area contributed by atoms with Gasteiger partial charge in [0.25, 0.3) is 0 Å². The lowest BCUT2D eigenvalue weighted by molar-refractivity contribution is -0.117. The third-order valence-electron chi connectivity index (χ3n) is 4.19. The van der Waals surface area contributed by atoms with Crippen LogP contribution in [-0.4, -0.2) is 10.9 Å². The van der Waals surface area contributed by atoms with Crippen molar-refractivity contribution in [2.75, 3.05) is 5.32 Å². The number of carbonyl (C=O) groups is 1. The van der Waals surface area contributed by atoms with Crippen LogP contribution in [0.3, 0.4) is 0 Å². The predicted octanol–water partition coefficient (Wildman–Crippen LogP) is 4.02. The summed E-state index contributed by atoms with van der Waals surface area (Å²) < 4.78 is 18.4. The Morgan fingerprint density at radius 1 is 1.26 bits per heavy atom. The maximum atomic E-state index is 12.9. The Hall–Kier alpha value is -2.69. The van der Waals surface area contributed by atoms with Gasteiger partial charge in [0, 0.05) is 24.6 Å². The molecule has 0 aliphatic heterocycles. The molecule has 0 bridgehead atoms. The van der Waals surface area contributed by atoms with Crippen molar-refractivity contribution in [1.29, 1.82) is 0 Å². The molecule has 1 heterocycles. The van der Waals surface area contributed by atoms with Crippen molar-refractivity contribution in [3.05, 3.63) is 59.7 Å². The van der Waals surface area contributed by atoms with Crippen molar-refractivity contribution in [2.45, 2.75) is 19.3 Å². The van der Waals surface area contributed by atoms with Crippen LogP contribution >= 0.6 is 0 Å². The average molecular weight is 310 g/mol. The molecule has 2 unspecified atom stereocenters. The molecule has 3 aromatic rings. The smallest absolute Gasteiger partial charge is 0.228 e. The third-order valence-corrected chi connectivity index (χ3v) is 4.19. The van der Waals surface area contributed by atoms with E-state index in [1.807, 2.05) is 12.1 Å². The molecule has 0 spiro atoms. The molecule has 4 nitrogen and oxygen atoms in total. The topological polar surface area (TPSA) is 55.1 Å². The third kappa shape index (κ3) is 2.70. The van der Waals surface area contributed by atoms with Gasteiger partial charge in [0.1, 0.15) is 11.3 Å². The van der Waals surface area contributed by atoms with Gasteiger partial charge in [0.15, 0.2) is 11.5 Å². The van der Waals surface area contributed by atoms with Gasteiger partial charge in [-0.05, 0) is 42.2 Å². The van der Waals surface area contributed by atoms with E-state index in [0.717, 1.165) is 17.5 Å². The second-order valence-corrected chi connectivity index (χ2v) is 5.90. The number of rotatable bonds is 3. The molecule has 1 aromatic heterocycles. The number of aromatic nitrogens is 1. The zero-order valence-electron chi connectivity index (χ0n) is 12.5. The predicted molar refractivity (Wildman–Crippen MR) is 84.6 cm³/mol. The number of nitrogens with one attached hydrogen (secondary N) is 1. The number of anilines is 1. The van der Waals surface area contributed by atoms with Crippen LogP contribution in [0.1, 0.15) is 23.8 Å². The maximum Gasteiger partial charge on any atom is 0.228 e. The molecule has 1 N–H and O–H groups in total. The van der Waals surface area contributed by atoms with Gasteiger partial charge in [0.05, 0.1) is 0 Å². The van der Waals surface area contributed by atoms with Gasteiger partial charge in [-0.1, -0.05) is 12.1 Å². The van der Waals surface area contributed by atoms with Crippen molar-refractivity contribution < 1.29 is 13.6 Å². The molecule has 0 saturated heterocycles. The van der Waals surface area contributed by atoms with Crippen LogP contribution in [0, 0.1) is 18.7 Å². The Morgan fingerprint density at radius 2 is 2.04 bits per heavy atom. The Labute approximate surface area is 132 Å². The van der Waals surface area contributed by atoms with Crippen molar-refractivity contribution >= 4 is 22.7 Å². The number of fused-ring (bicyclic) bond motifs is 1. The summed E-state index contributed by atoms with van der Waals surface area (Å²) >= 11 is 0. The molecule has 1 aliphatic rings. The van der Waals surface area contributed by atoms with Gasteiger partial charge in [-0.15, -0.1) is 0 Å². The molecule has 23 heavy (non-hydrogen) atoms. The number of benzene rings is 2. The Balaban J connectivity index is 1.46. The highest BCUT2D eigenvalue weighted by atomic mass is 19.1. The van der Waals surface area contributed by atoms with Crippen LogP contribution in [0.5, 0.6) is 0 Å². The lowest BCUT2D eigenvalue weighted by Gasteiger charge is -2.05. The maximum absolute atomic E-state index is 12.9. The molecule has 116 valence electrons. The first-order chi connectivity index (χ1) is 11.1. The molecular weight excluding hydrogens is 295 g/mol. The number of halogens is 1. The fourth-order valence-electron chi connectivity index (χ4n) is 2.92. The van der Waals surface area contributed by atoms with Gasteiger partial charge in [-0.25, -0.2) is 9.37 Å². The number of oxazole rings is 1. The SMILES string of the molecule is Cc1nc2ccc(NC(=O)C3CC3c3ccc(F)cc3)cc2o1. The van der Waals surface area contributed by atoms with Gasteiger partial charge < -0.3 is 9.73 Å². The second-order valence-electron chi connectivity index (χ2n) is 5.90. The minimum absolute atomic E-state index is 0.0186. The van der Waals surface area contributed by atoms with Gasteiger partial charge >= 0.3 is 0 Å². The zero-order chi connectivity index (χ0) is 16.0. The molecule has 4 rings (SSSR count). The Bertz CT molecular complexity index is 886. The van der Waals surface area contributed by atoms with Crippen LogP contribution in [0.2, 0.25) is 0 Å². The first kappa shape index (κ1) is 13.9. The number of aryl methyl sites for hydroxylation is 1. The summed E-state index contributed by atoms with van der Waals surface area (Å²) in [5.74, 6) is 0.433. The first-order valence-corrected chi connectivity index (χ1v) is 7.54. The van der Waals surface area contributed by atoms with Gasteiger partial charge in [-0.3, -0.25) is 4.79 Å². The van der Waals surface area contributed by atoms with E-state index in [0.29, 0.717) is 17.2 Å². The molecular formula is C18H15FN2O2. The standard InChI is InChI=1S/C18H15FN2O2/c1-10-20-16-7-6-13(8-17(16)23-10)21-18(22)15-9-14(15)11-2-4-12(19)5-3-11/h2-8,14-15H,9H2,1H3,(H,21,22). The van der Waals surface area contributed by atoms with Crippen molar-refractivity contribution in [1.82, 2.24) is 4.98 Å². The number of nitrogens with zero attached hydrogens (tertiary/aromatic N) is 1. The van der Waals surface area contributed by atoms with Crippen molar-refractivity contribution in [3.63, 3.8) is 0 Å². The Kier molecular flexibility index (Phi) is 3.15. The van der Waals surface area contributed by atoms with Crippen molar-refractivity contribution in [3.8, 4) is 0 Å². The summed E-state index contributed by atoms with van der Waals surface area (Å²) in [6.07, 6.45) is 0.793. The van der Waals surface area contributed by atoms with E-state index in [-0.39, 0.29) is 23.6 Å². The lowest BCUT2D eigenvalue weighted by Crippen LogP contribution is -2.14. The van der Waals surface area contributed by atoms with Crippen LogP contribution < -0.4 is 5.32 Å². The van der Waals surface area contributed by atoms with Gasteiger partial charge in [-0.2, -0.15) is 0 Å². The zero-order valence-corrected chi connectivity index (χ0v) is 12.5. The Morgan fingerprint density at radius 3 is 2.83 bits per heavy atom. The van der Waals surface area contributed by atoms with Crippen LogP contribution in [0.15, 0.2) is 46.9 Å². The van der Waals surface area contributed by atoms with E-state index in [1.54, 1.807) is 25.1 Å². The summed E-state index contributed by atoms with van der Waals surface area (Å²) in [7, 11) is 0. The number of carbonyl (C=O) groups excluding carboxylic acids is 1. The quantitative estimate of drug-likeness (QED) is 0.795. The summed E-state index contributed by atoms with van der Waals surface area (Å²) in [5, 5.41) is 2.92. The summed E-state index contributed by atoms with van der Waals surface area (Å²) in [6.45, 7) is 1.79. The molecule has 1 amide bonds. The molecule has 1 saturated carbocycles. The monoisotopic (exact) mass is 310 g/mol. The van der Waals surface area contributed by atoms with Gasteiger partial charge in [0.2, 0.25) is 5.91 Å². The molecule has 2 aromatic carbocycles. The number of amides is 1. The van der Waals surface area contributed by atoms with Crippen LogP contribution in [-0.2, 0) is 4.79 Å². The number of hydrogen-bond acceptors (Lipinski definition) is 3. The van der Waals surface area contributed by atoms with E-state index in [1.165, 1.54) is 12.1 Å².